The zero-order valence-electron chi connectivity index (χ0n) is 11.3. The molecule has 2 N–H and O–H groups in total. The van der Waals surface area contributed by atoms with Crippen molar-refractivity contribution in [2.75, 3.05) is 18.6 Å². The number of thioether (sulfide) groups is 1. The number of halogens is 1. The van der Waals surface area contributed by atoms with Gasteiger partial charge in [-0.05, 0) is 12.2 Å². The first-order valence-electron chi connectivity index (χ1n) is 6.05. The molecule has 1 heterocycles. The van der Waals surface area contributed by atoms with Gasteiger partial charge >= 0.3 is 0 Å². The van der Waals surface area contributed by atoms with Gasteiger partial charge in [-0.2, -0.15) is 11.8 Å². The topological polar surface area (TPSA) is 80.1 Å². The molecule has 0 radical (unpaired) electrons. The average molecular weight is 337 g/mol. The first-order chi connectivity index (χ1) is 9.58. The Balaban J connectivity index is 2.70. The molecule has 0 amide bonds. The van der Waals surface area contributed by atoms with Gasteiger partial charge in [0.2, 0.25) is 0 Å². The van der Waals surface area contributed by atoms with Crippen molar-refractivity contribution in [2.45, 2.75) is 19.9 Å². The Morgan fingerprint density at radius 2 is 2.40 bits per heavy atom. The van der Waals surface area contributed by atoms with Crippen molar-refractivity contribution in [3.63, 3.8) is 0 Å². The van der Waals surface area contributed by atoms with E-state index >= 15 is 0 Å². The summed E-state index contributed by atoms with van der Waals surface area (Å²) in [6, 6.07) is 0. The maximum absolute atomic E-state index is 11.1. The van der Waals surface area contributed by atoms with E-state index in [2.05, 4.69) is 15.6 Å². The van der Waals surface area contributed by atoms with Crippen LogP contribution in [-0.4, -0.2) is 28.5 Å². The second kappa shape index (κ2) is 9.04. The van der Waals surface area contributed by atoms with Crippen LogP contribution in [-0.2, 0) is 6.54 Å². The van der Waals surface area contributed by atoms with Gasteiger partial charge < -0.3 is 10.6 Å². The van der Waals surface area contributed by atoms with Gasteiger partial charge in [-0.15, -0.1) is 11.3 Å². The highest BCUT2D eigenvalue weighted by Gasteiger charge is 2.18. The molecule has 20 heavy (non-hydrogen) atoms. The quantitative estimate of drug-likeness (QED) is 0.410. The van der Waals surface area contributed by atoms with Crippen LogP contribution in [0.1, 0.15) is 18.2 Å². The van der Waals surface area contributed by atoms with Crippen molar-refractivity contribution in [3.05, 3.63) is 37.2 Å². The molecule has 0 aliphatic carbocycles. The molecule has 0 saturated heterocycles. The lowest BCUT2D eigenvalue weighted by Gasteiger charge is -2.10. The zero-order chi connectivity index (χ0) is 15.0. The van der Waals surface area contributed by atoms with Crippen molar-refractivity contribution in [1.29, 1.82) is 0 Å². The van der Waals surface area contributed by atoms with Crippen LogP contribution in [0.2, 0.25) is 4.47 Å². The fourth-order valence-corrected chi connectivity index (χ4v) is 3.20. The summed E-state index contributed by atoms with van der Waals surface area (Å²) >= 11 is 8.64. The Kier molecular flexibility index (Phi) is 7.71. The molecular weight excluding hydrogens is 320 g/mol. The number of nitrogens with one attached hydrogen (secondary N) is 2. The molecule has 112 valence electrons. The Morgan fingerprint density at radius 3 is 2.90 bits per heavy atom. The van der Waals surface area contributed by atoms with Gasteiger partial charge in [-0.25, -0.2) is 4.98 Å². The van der Waals surface area contributed by atoms with Gasteiger partial charge in [0.1, 0.15) is 0 Å². The van der Waals surface area contributed by atoms with E-state index in [0.717, 1.165) is 17.1 Å². The van der Waals surface area contributed by atoms with Crippen LogP contribution >= 0.6 is 34.7 Å². The van der Waals surface area contributed by atoms with E-state index in [0.29, 0.717) is 22.6 Å². The van der Waals surface area contributed by atoms with Gasteiger partial charge in [0.25, 0.3) is 5.70 Å². The summed E-state index contributed by atoms with van der Waals surface area (Å²) in [6.45, 7) is 2.50. The van der Waals surface area contributed by atoms with E-state index in [1.54, 1.807) is 25.0 Å². The second-order valence-electron chi connectivity index (χ2n) is 3.81. The minimum absolute atomic E-state index is 0.154. The third kappa shape index (κ3) is 5.56. The lowest BCUT2D eigenvalue weighted by molar-refractivity contribution is -0.425. The van der Waals surface area contributed by atoms with Crippen LogP contribution in [0.4, 0.5) is 0 Å². The molecule has 0 aromatic carbocycles. The van der Waals surface area contributed by atoms with Crippen LogP contribution in [0.5, 0.6) is 0 Å². The van der Waals surface area contributed by atoms with Gasteiger partial charge in [0.15, 0.2) is 10.3 Å². The van der Waals surface area contributed by atoms with Crippen LogP contribution in [0.3, 0.4) is 0 Å². The smallest absolute Gasteiger partial charge is 0.295 e. The van der Waals surface area contributed by atoms with Crippen molar-refractivity contribution < 1.29 is 4.92 Å². The van der Waals surface area contributed by atoms with Gasteiger partial charge in [-0.1, -0.05) is 18.5 Å². The normalized spacial score (nSPS) is 11.9. The molecule has 0 bridgehead atoms. The van der Waals surface area contributed by atoms with Crippen molar-refractivity contribution >= 4 is 34.7 Å². The van der Waals surface area contributed by atoms with E-state index in [9.17, 15) is 10.1 Å². The molecule has 0 saturated carbocycles. The number of aromatic nitrogens is 1. The summed E-state index contributed by atoms with van der Waals surface area (Å²) in [7, 11) is 1.66. The highest BCUT2D eigenvalue weighted by Crippen LogP contribution is 2.18. The molecule has 1 aromatic rings. The van der Waals surface area contributed by atoms with Crippen LogP contribution in [0.25, 0.3) is 0 Å². The fraction of sp³-hybridized carbons (Fsp3) is 0.545. The molecule has 6 nitrogen and oxygen atoms in total. The van der Waals surface area contributed by atoms with Crippen molar-refractivity contribution in [3.8, 4) is 0 Å². The highest BCUT2D eigenvalue weighted by atomic mass is 35.5. The minimum atomic E-state index is -0.346. The molecule has 0 aliphatic rings. The lowest BCUT2D eigenvalue weighted by Crippen LogP contribution is -2.27. The van der Waals surface area contributed by atoms with Crippen LogP contribution < -0.4 is 10.6 Å². The predicted octanol–water partition coefficient (Wildman–Crippen LogP) is 2.69. The molecule has 0 unspecified atom stereocenters. The van der Waals surface area contributed by atoms with E-state index < -0.39 is 0 Å². The number of nitro groups is 1. The maximum Gasteiger partial charge on any atom is 0.295 e. The fourth-order valence-electron chi connectivity index (χ4n) is 1.40. The molecule has 0 aliphatic heterocycles. The summed E-state index contributed by atoms with van der Waals surface area (Å²) < 4.78 is 0.463. The largest absolute Gasteiger partial charge is 0.370 e. The van der Waals surface area contributed by atoms with Gasteiger partial charge in [0.05, 0.1) is 17.2 Å². The van der Waals surface area contributed by atoms with Gasteiger partial charge in [0, 0.05) is 18.1 Å². The number of hydrogen-bond donors (Lipinski definition) is 2. The summed E-state index contributed by atoms with van der Waals surface area (Å²) in [5.41, 5.74) is 0.154. The lowest BCUT2D eigenvalue weighted by atomic mass is 10.4. The van der Waals surface area contributed by atoms with E-state index in [-0.39, 0.29) is 10.6 Å². The van der Waals surface area contributed by atoms with Crippen molar-refractivity contribution in [1.82, 2.24) is 15.6 Å². The first-order valence-corrected chi connectivity index (χ1v) is 8.40. The summed E-state index contributed by atoms with van der Waals surface area (Å²) in [6.07, 6.45) is 2.66. The molecule has 1 aromatic heterocycles. The minimum Gasteiger partial charge on any atom is -0.370 e. The summed E-state index contributed by atoms with van der Waals surface area (Å²) in [5, 5.41) is 17.0. The molecule has 9 heteroatoms. The number of rotatable bonds is 9. The van der Waals surface area contributed by atoms with E-state index in [4.69, 9.17) is 11.6 Å². The van der Waals surface area contributed by atoms with E-state index in [1.807, 2.05) is 6.92 Å². The zero-order valence-corrected chi connectivity index (χ0v) is 13.7. The van der Waals surface area contributed by atoms with Crippen molar-refractivity contribution in [2.24, 2.45) is 0 Å². The molecule has 0 spiro atoms. The van der Waals surface area contributed by atoms with E-state index in [1.165, 1.54) is 11.3 Å². The van der Waals surface area contributed by atoms with Crippen LogP contribution in [0.15, 0.2) is 17.7 Å². The SMILES string of the molecule is CCCSC/C(=C(/NC)NCc1cnc(Cl)s1)[N+](=O)[O-]. The number of thiazole rings is 1. The van der Waals surface area contributed by atoms with Gasteiger partial charge in [-0.3, -0.25) is 10.1 Å². The predicted molar refractivity (Wildman–Crippen MR) is 84.7 cm³/mol. The Morgan fingerprint density at radius 1 is 1.65 bits per heavy atom. The monoisotopic (exact) mass is 336 g/mol. The molecular formula is C11H17ClN4O2S2. The molecule has 0 atom stereocenters. The standard InChI is InChI=1S/C11H17ClN4O2S2/c1-3-4-19-7-9(16(17)18)10(13-2)14-5-8-6-15-11(12)20-8/h6,13-14H,3-5,7H2,1-2H3/b10-9+. The van der Waals surface area contributed by atoms with Crippen LogP contribution in [0, 0.1) is 10.1 Å². The highest BCUT2D eigenvalue weighted by molar-refractivity contribution is 7.99. The first kappa shape index (κ1) is 17.1. The molecule has 1 rings (SSSR count). The number of hydrogen-bond acceptors (Lipinski definition) is 7. The number of nitrogens with zero attached hydrogens (tertiary/aromatic N) is 2. The third-order valence-corrected chi connectivity index (χ3v) is 4.60. The third-order valence-electron chi connectivity index (χ3n) is 2.31. The Bertz CT molecular complexity index is 479. The summed E-state index contributed by atoms with van der Waals surface area (Å²) in [4.78, 5) is 15.6. The Hall–Kier alpha value is -0.990. The average Bonchev–Trinajstić information content (AvgIpc) is 2.82. The second-order valence-corrected chi connectivity index (χ2v) is 6.62. The maximum atomic E-state index is 11.1. The Labute approximate surface area is 131 Å². The summed E-state index contributed by atoms with van der Waals surface area (Å²) in [5.74, 6) is 1.70. The molecule has 0 fully saturated rings.